The molecule has 0 saturated carbocycles. The summed E-state index contributed by atoms with van der Waals surface area (Å²) in [5, 5.41) is 11.6. The summed E-state index contributed by atoms with van der Waals surface area (Å²) >= 11 is 6.29. The Morgan fingerprint density at radius 2 is 1.70 bits per heavy atom. The summed E-state index contributed by atoms with van der Waals surface area (Å²) < 4.78 is 16.5. The summed E-state index contributed by atoms with van der Waals surface area (Å²) in [5.74, 6) is -0.434. The minimum atomic E-state index is -0.889. The van der Waals surface area contributed by atoms with Crippen molar-refractivity contribution in [1.29, 1.82) is 0 Å². The number of carbonyl (C=O) groups excluding carboxylic acids is 2. The van der Waals surface area contributed by atoms with Crippen molar-refractivity contribution in [2.45, 2.75) is 6.04 Å². The number of methoxy groups -OCH3 is 1. The number of benzene rings is 3. The van der Waals surface area contributed by atoms with E-state index in [0.29, 0.717) is 47.3 Å². The van der Waals surface area contributed by atoms with Crippen LogP contribution in [0.3, 0.4) is 0 Å². The highest BCUT2D eigenvalue weighted by molar-refractivity contribution is 6.51. The number of anilines is 2. The van der Waals surface area contributed by atoms with Crippen LogP contribution in [-0.4, -0.2) is 51.2 Å². The maximum absolute atomic E-state index is 13.5. The highest BCUT2D eigenvalue weighted by atomic mass is 35.5. The molecule has 0 aliphatic carbocycles. The molecule has 2 heterocycles. The molecule has 1 amide bonds. The molecule has 0 aromatic heterocycles. The van der Waals surface area contributed by atoms with E-state index in [4.69, 9.17) is 25.8 Å². The van der Waals surface area contributed by atoms with Gasteiger partial charge in [0.25, 0.3) is 11.7 Å². The summed E-state index contributed by atoms with van der Waals surface area (Å²) in [7, 11) is 5.32. The van der Waals surface area contributed by atoms with Gasteiger partial charge in [-0.1, -0.05) is 23.7 Å². The second-order valence-electron chi connectivity index (χ2n) is 8.83. The van der Waals surface area contributed by atoms with Crippen LogP contribution in [0.1, 0.15) is 17.2 Å². The number of fused-ring (bicyclic) bond motifs is 1. The van der Waals surface area contributed by atoms with Crippen molar-refractivity contribution in [3.63, 3.8) is 0 Å². The van der Waals surface area contributed by atoms with E-state index in [-0.39, 0.29) is 16.4 Å². The number of aliphatic hydroxyl groups is 1. The third-order valence-electron chi connectivity index (χ3n) is 6.40. The number of rotatable bonds is 5. The quantitative estimate of drug-likeness (QED) is 0.293. The second-order valence-corrected chi connectivity index (χ2v) is 9.24. The fraction of sp³-hybridized carbons (Fsp3) is 0.214. The van der Waals surface area contributed by atoms with Gasteiger partial charge in [0.2, 0.25) is 0 Å². The Bertz CT molecular complexity index is 1420. The topological polar surface area (TPSA) is 88.5 Å². The molecular weight excluding hydrogens is 496 g/mol. The van der Waals surface area contributed by atoms with Gasteiger partial charge in [-0.25, -0.2) is 0 Å². The summed E-state index contributed by atoms with van der Waals surface area (Å²) in [6, 6.07) is 16.3. The summed E-state index contributed by atoms with van der Waals surface area (Å²) in [6.07, 6.45) is 0. The van der Waals surface area contributed by atoms with Crippen LogP contribution in [0, 0.1) is 0 Å². The van der Waals surface area contributed by atoms with Gasteiger partial charge in [-0.05, 0) is 48.0 Å². The van der Waals surface area contributed by atoms with Crippen LogP contribution in [0.2, 0.25) is 5.02 Å². The first-order valence-electron chi connectivity index (χ1n) is 11.6. The molecule has 37 heavy (non-hydrogen) atoms. The SMILES string of the molecule is COc1ccc(/C(O)=C2\C(=O)C(=O)N(c3ccc4c(c3)OCCO4)C2c2ccc(N(C)C)cc2)cc1Cl. The van der Waals surface area contributed by atoms with Gasteiger partial charge >= 0.3 is 0 Å². The Kier molecular flexibility index (Phi) is 6.43. The van der Waals surface area contributed by atoms with Crippen molar-refractivity contribution in [1.82, 2.24) is 0 Å². The minimum absolute atomic E-state index is 0.0428. The molecule has 190 valence electrons. The van der Waals surface area contributed by atoms with Gasteiger partial charge in [-0.3, -0.25) is 14.5 Å². The van der Waals surface area contributed by atoms with Crippen LogP contribution in [0.25, 0.3) is 5.76 Å². The lowest BCUT2D eigenvalue weighted by Gasteiger charge is -2.27. The smallest absolute Gasteiger partial charge is 0.300 e. The third-order valence-corrected chi connectivity index (χ3v) is 6.69. The van der Waals surface area contributed by atoms with E-state index in [1.807, 2.05) is 43.3 Å². The van der Waals surface area contributed by atoms with E-state index >= 15 is 0 Å². The van der Waals surface area contributed by atoms with E-state index in [1.165, 1.54) is 18.1 Å². The van der Waals surface area contributed by atoms with Crippen molar-refractivity contribution in [3.05, 3.63) is 82.4 Å². The third kappa shape index (κ3) is 4.34. The molecule has 3 aromatic rings. The largest absolute Gasteiger partial charge is 0.507 e. The minimum Gasteiger partial charge on any atom is -0.507 e. The molecule has 0 bridgehead atoms. The molecule has 1 atom stereocenters. The molecule has 2 aliphatic heterocycles. The van der Waals surface area contributed by atoms with Crippen LogP contribution >= 0.6 is 11.6 Å². The molecule has 1 N–H and O–H groups in total. The number of ether oxygens (including phenoxy) is 3. The van der Waals surface area contributed by atoms with Gasteiger partial charge in [-0.2, -0.15) is 0 Å². The molecule has 3 aromatic carbocycles. The van der Waals surface area contributed by atoms with Crippen molar-refractivity contribution in [2.24, 2.45) is 0 Å². The zero-order valence-corrected chi connectivity index (χ0v) is 21.3. The number of carbonyl (C=O) groups is 2. The number of halogens is 1. The van der Waals surface area contributed by atoms with E-state index in [9.17, 15) is 14.7 Å². The van der Waals surface area contributed by atoms with Gasteiger partial charge in [-0.15, -0.1) is 0 Å². The predicted octanol–water partition coefficient (Wildman–Crippen LogP) is 4.81. The number of amides is 1. The number of hydrogen-bond donors (Lipinski definition) is 1. The average molecular weight is 521 g/mol. The van der Waals surface area contributed by atoms with Crippen LogP contribution in [0.5, 0.6) is 17.2 Å². The molecule has 0 spiro atoms. The standard InChI is InChI=1S/C28H25ClN2O6/c1-30(2)18-7-4-16(5-8-18)25-24(26(32)17-6-10-21(35-3)20(29)14-17)27(33)28(34)31(25)19-9-11-22-23(15-19)37-13-12-36-22/h4-11,14-15,25,32H,12-13H2,1-3H3/b26-24+. The van der Waals surface area contributed by atoms with Gasteiger partial charge < -0.3 is 24.2 Å². The van der Waals surface area contributed by atoms with Crippen LogP contribution in [0.15, 0.2) is 66.2 Å². The number of ketones is 1. The molecule has 1 unspecified atom stereocenters. The maximum atomic E-state index is 13.5. The summed E-state index contributed by atoms with van der Waals surface area (Å²) in [5.41, 5.74) is 2.29. The fourth-order valence-corrected chi connectivity index (χ4v) is 4.78. The first kappa shape index (κ1) is 24.5. The lowest BCUT2D eigenvalue weighted by molar-refractivity contribution is -0.132. The zero-order valence-electron chi connectivity index (χ0n) is 20.5. The number of Topliss-reactive ketones (excluding diaryl/α,β-unsaturated/α-hetero) is 1. The Balaban J connectivity index is 1.68. The maximum Gasteiger partial charge on any atom is 0.300 e. The molecule has 1 saturated heterocycles. The Morgan fingerprint density at radius 1 is 1.00 bits per heavy atom. The molecule has 0 radical (unpaired) electrons. The van der Waals surface area contributed by atoms with Crippen molar-refractivity contribution in [2.75, 3.05) is 44.2 Å². The van der Waals surface area contributed by atoms with Crippen LogP contribution in [0.4, 0.5) is 11.4 Å². The Hall–Kier alpha value is -4.17. The van der Waals surface area contributed by atoms with Crippen molar-refractivity contribution >= 4 is 40.4 Å². The molecule has 5 rings (SSSR count). The first-order valence-corrected chi connectivity index (χ1v) is 12.0. The van der Waals surface area contributed by atoms with E-state index in [1.54, 1.807) is 30.3 Å². The van der Waals surface area contributed by atoms with E-state index in [2.05, 4.69) is 0 Å². The van der Waals surface area contributed by atoms with Crippen molar-refractivity contribution in [3.8, 4) is 17.2 Å². The molecule has 2 aliphatic rings. The molecule has 9 heteroatoms. The second kappa shape index (κ2) is 9.71. The first-order chi connectivity index (χ1) is 17.8. The van der Waals surface area contributed by atoms with Gasteiger partial charge in [0.1, 0.15) is 24.7 Å². The highest BCUT2D eigenvalue weighted by Crippen LogP contribution is 2.45. The van der Waals surface area contributed by atoms with Crippen LogP contribution < -0.4 is 24.0 Å². The Morgan fingerprint density at radius 3 is 2.35 bits per heavy atom. The molecule has 1 fully saturated rings. The number of hydrogen-bond acceptors (Lipinski definition) is 7. The Labute approximate surface area is 219 Å². The average Bonchev–Trinajstić information content (AvgIpc) is 3.18. The number of aliphatic hydroxyl groups excluding tert-OH is 1. The zero-order chi connectivity index (χ0) is 26.3. The normalized spacial score (nSPS) is 18.2. The monoisotopic (exact) mass is 520 g/mol. The summed E-state index contributed by atoms with van der Waals surface area (Å²) in [6.45, 7) is 0.808. The molecular formula is C28H25ClN2O6. The lowest BCUT2D eigenvalue weighted by Crippen LogP contribution is -2.29. The predicted molar refractivity (Wildman–Crippen MR) is 141 cm³/mol. The van der Waals surface area contributed by atoms with Gasteiger partial charge in [0, 0.05) is 37.1 Å². The van der Waals surface area contributed by atoms with E-state index in [0.717, 1.165) is 5.69 Å². The van der Waals surface area contributed by atoms with Gasteiger partial charge in [0.05, 0.1) is 23.7 Å². The van der Waals surface area contributed by atoms with Gasteiger partial charge in [0.15, 0.2) is 11.5 Å². The summed E-state index contributed by atoms with van der Waals surface area (Å²) in [4.78, 5) is 30.2. The van der Waals surface area contributed by atoms with E-state index < -0.39 is 17.7 Å². The lowest BCUT2D eigenvalue weighted by atomic mass is 9.94. The molecule has 8 nitrogen and oxygen atoms in total. The number of nitrogens with zero attached hydrogens (tertiary/aromatic N) is 2. The van der Waals surface area contributed by atoms with Crippen molar-refractivity contribution < 1.29 is 28.9 Å². The fourth-order valence-electron chi connectivity index (χ4n) is 4.52. The van der Waals surface area contributed by atoms with Crippen LogP contribution in [-0.2, 0) is 9.59 Å². The highest BCUT2D eigenvalue weighted by Gasteiger charge is 2.47.